The van der Waals surface area contributed by atoms with Crippen molar-refractivity contribution in [2.45, 2.75) is 4.34 Å². The average molecular weight is 410 g/mol. The minimum Gasteiger partial charge on any atom is -0.493 e. The molecule has 0 bridgehead atoms. The highest BCUT2D eigenvalue weighted by Gasteiger charge is 2.12. The topological polar surface area (TPSA) is 112 Å². The predicted octanol–water partition coefficient (Wildman–Crippen LogP) is 2.99. The second kappa shape index (κ2) is 8.34. The molecule has 26 heavy (non-hydrogen) atoms. The SMILES string of the molecule is COc1ccc(-c2csc(NC(=O)CSc3nnc(N)s3)n2)cc1OC. The lowest BCUT2D eigenvalue weighted by molar-refractivity contribution is -0.113. The summed E-state index contributed by atoms with van der Waals surface area (Å²) in [5.41, 5.74) is 7.13. The summed E-state index contributed by atoms with van der Waals surface area (Å²) in [6.45, 7) is 0. The molecule has 2 aromatic heterocycles. The number of nitrogens with zero attached hydrogens (tertiary/aromatic N) is 3. The van der Waals surface area contributed by atoms with Crippen LogP contribution in [-0.4, -0.2) is 41.1 Å². The summed E-state index contributed by atoms with van der Waals surface area (Å²) in [7, 11) is 3.17. The Labute approximate surface area is 161 Å². The van der Waals surface area contributed by atoms with E-state index in [2.05, 4.69) is 20.5 Å². The number of thiazole rings is 1. The van der Waals surface area contributed by atoms with E-state index in [0.29, 0.717) is 26.1 Å². The Morgan fingerprint density at radius 1 is 1.27 bits per heavy atom. The molecule has 11 heteroatoms. The van der Waals surface area contributed by atoms with Gasteiger partial charge in [-0.25, -0.2) is 4.98 Å². The van der Waals surface area contributed by atoms with Gasteiger partial charge in [0.1, 0.15) is 0 Å². The predicted molar refractivity (Wildman–Crippen MR) is 104 cm³/mol. The van der Waals surface area contributed by atoms with Crippen LogP contribution in [0.2, 0.25) is 0 Å². The van der Waals surface area contributed by atoms with Crippen LogP contribution in [0.3, 0.4) is 0 Å². The summed E-state index contributed by atoms with van der Waals surface area (Å²) in [6.07, 6.45) is 0. The largest absolute Gasteiger partial charge is 0.493 e. The fraction of sp³-hybridized carbons (Fsp3) is 0.200. The number of nitrogens with one attached hydrogen (secondary N) is 1. The van der Waals surface area contributed by atoms with Gasteiger partial charge in [0.05, 0.1) is 25.7 Å². The molecule has 0 aliphatic heterocycles. The van der Waals surface area contributed by atoms with Crippen LogP contribution in [0, 0.1) is 0 Å². The third kappa shape index (κ3) is 4.42. The zero-order chi connectivity index (χ0) is 18.5. The number of amides is 1. The molecule has 0 saturated carbocycles. The van der Waals surface area contributed by atoms with Gasteiger partial charge in [0, 0.05) is 10.9 Å². The number of ether oxygens (including phenoxy) is 2. The first-order chi connectivity index (χ1) is 12.6. The lowest BCUT2D eigenvalue weighted by atomic mass is 10.1. The summed E-state index contributed by atoms with van der Waals surface area (Å²) in [4.78, 5) is 16.5. The molecule has 0 fully saturated rings. The monoisotopic (exact) mass is 409 g/mol. The zero-order valence-electron chi connectivity index (χ0n) is 13.9. The van der Waals surface area contributed by atoms with Crippen molar-refractivity contribution in [3.05, 3.63) is 23.6 Å². The van der Waals surface area contributed by atoms with Crippen molar-refractivity contribution in [1.29, 1.82) is 0 Å². The highest BCUT2D eigenvalue weighted by molar-refractivity contribution is 8.01. The molecule has 0 aliphatic rings. The molecular formula is C15H15N5O3S3. The van der Waals surface area contributed by atoms with Gasteiger partial charge in [0.25, 0.3) is 0 Å². The van der Waals surface area contributed by atoms with Crippen LogP contribution >= 0.6 is 34.4 Å². The second-order valence-electron chi connectivity index (χ2n) is 4.85. The Bertz CT molecular complexity index is 912. The summed E-state index contributed by atoms with van der Waals surface area (Å²) in [5.74, 6) is 1.31. The molecule has 0 aliphatic carbocycles. The fourth-order valence-electron chi connectivity index (χ4n) is 2.02. The fourth-order valence-corrected chi connectivity index (χ4v) is 4.19. The van der Waals surface area contributed by atoms with Gasteiger partial charge in [-0.15, -0.1) is 21.5 Å². The lowest BCUT2D eigenvalue weighted by Gasteiger charge is -2.08. The number of anilines is 2. The van der Waals surface area contributed by atoms with Gasteiger partial charge in [-0.1, -0.05) is 23.1 Å². The number of nitrogen functional groups attached to an aromatic ring is 1. The van der Waals surface area contributed by atoms with Crippen molar-refractivity contribution in [1.82, 2.24) is 15.2 Å². The van der Waals surface area contributed by atoms with Gasteiger partial charge in [-0.05, 0) is 18.2 Å². The Kier molecular flexibility index (Phi) is 5.91. The van der Waals surface area contributed by atoms with Gasteiger partial charge in [0.15, 0.2) is 21.0 Å². The maximum atomic E-state index is 12.0. The third-order valence-electron chi connectivity index (χ3n) is 3.18. The van der Waals surface area contributed by atoms with E-state index >= 15 is 0 Å². The van der Waals surface area contributed by atoms with Crippen molar-refractivity contribution < 1.29 is 14.3 Å². The van der Waals surface area contributed by atoms with Crippen LogP contribution in [-0.2, 0) is 4.79 Å². The number of nitrogens with two attached hydrogens (primary N) is 1. The number of aromatic nitrogens is 3. The van der Waals surface area contributed by atoms with E-state index in [9.17, 15) is 4.79 Å². The van der Waals surface area contributed by atoms with Crippen LogP contribution in [0.25, 0.3) is 11.3 Å². The number of hydrogen-bond donors (Lipinski definition) is 2. The van der Waals surface area contributed by atoms with E-state index in [4.69, 9.17) is 15.2 Å². The molecular weight excluding hydrogens is 394 g/mol. The molecule has 0 spiro atoms. The molecule has 1 amide bonds. The van der Waals surface area contributed by atoms with Crippen LogP contribution < -0.4 is 20.5 Å². The molecule has 0 saturated heterocycles. The molecule has 3 rings (SSSR count). The number of hydrogen-bond acceptors (Lipinski definition) is 10. The third-order valence-corrected chi connectivity index (χ3v) is 5.82. The van der Waals surface area contributed by atoms with Crippen molar-refractivity contribution in [2.24, 2.45) is 0 Å². The van der Waals surface area contributed by atoms with E-state index in [-0.39, 0.29) is 11.7 Å². The molecule has 1 aromatic carbocycles. The van der Waals surface area contributed by atoms with Gasteiger partial charge in [-0.2, -0.15) is 0 Å². The van der Waals surface area contributed by atoms with E-state index < -0.39 is 0 Å². The van der Waals surface area contributed by atoms with E-state index in [1.165, 1.54) is 34.4 Å². The molecule has 0 atom stereocenters. The van der Waals surface area contributed by atoms with Crippen molar-refractivity contribution in [2.75, 3.05) is 31.0 Å². The first-order valence-electron chi connectivity index (χ1n) is 7.28. The van der Waals surface area contributed by atoms with Crippen LogP contribution in [0.4, 0.5) is 10.3 Å². The summed E-state index contributed by atoms with van der Waals surface area (Å²) in [5, 5.41) is 13.1. The summed E-state index contributed by atoms with van der Waals surface area (Å²) >= 11 is 3.88. The normalized spacial score (nSPS) is 10.5. The highest BCUT2D eigenvalue weighted by atomic mass is 32.2. The number of rotatable bonds is 7. The van der Waals surface area contributed by atoms with Crippen LogP contribution in [0.5, 0.6) is 11.5 Å². The van der Waals surface area contributed by atoms with E-state index in [1.807, 2.05) is 23.6 Å². The standard InChI is InChI=1S/C15H15N5O3S3/c1-22-10-4-3-8(5-11(10)23-2)9-6-24-14(17-9)18-12(21)7-25-15-20-19-13(16)26-15/h3-6H,7H2,1-2H3,(H2,16,19)(H,17,18,21). The molecule has 8 nitrogen and oxygen atoms in total. The van der Waals surface area contributed by atoms with Crippen LogP contribution in [0.1, 0.15) is 0 Å². The first kappa shape index (κ1) is 18.4. The molecule has 0 unspecified atom stereocenters. The molecule has 2 heterocycles. The van der Waals surface area contributed by atoms with Gasteiger partial charge >= 0.3 is 0 Å². The Hall–Kier alpha value is -2.37. The van der Waals surface area contributed by atoms with E-state index in [1.54, 1.807) is 14.2 Å². The lowest BCUT2D eigenvalue weighted by Crippen LogP contribution is -2.13. The van der Waals surface area contributed by atoms with Crippen molar-refractivity contribution >= 4 is 50.6 Å². The maximum absolute atomic E-state index is 12.0. The number of carbonyl (C=O) groups excluding carboxylic acids is 1. The maximum Gasteiger partial charge on any atom is 0.236 e. The number of carbonyl (C=O) groups is 1. The first-order valence-corrected chi connectivity index (χ1v) is 9.96. The molecule has 3 aromatic rings. The molecule has 0 radical (unpaired) electrons. The van der Waals surface area contributed by atoms with Crippen molar-refractivity contribution in [3.8, 4) is 22.8 Å². The second-order valence-corrected chi connectivity index (χ2v) is 7.94. The minimum absolute atomic E-state index is 0.169. The Balaban J connectivity index is 1.63. The number of methoxy groups -OCH3 is 2. The average Bonchev–Trinajstić information content (AvgIpc) is 3.28. The number of thioether (sulfide) groups is 1. The number of benzene rings is 1. The quantitative estimate of drug-likeness (QED) is 0.573. The minimum atomic E-state index is -0.169. The van der Waals surface area contributed by atoms with Crippen LogP contribution in [0.15, 0.2) is 27.9 Å². The zero-order valence-corrected chi connectivity index (χ0v) is 16.3. The van der Waals surface area contributed by atoms with Crippen molar-refractivity contribution in [3.63, 3.8) is 0 Å². The van der Waals surface area contributed by atoms with E-state index in [0.717, 1.165) is 11.3 Å². The Morgan fingerprint density at radius 3 is 2.77 bits per heavy atom. The molecule has 136 valence electrons. The highest BCUT2D eigenvalue weighted by Crippen LogP contribution is 2.33. The summed E-state index contributed by atoms with van der Waals surface area (Å²) < 4.78 is 11.2. The molecule has 3 N–H and O–H groups in total. The smallest absolute Gasteiger partial charge is 0.236 e. The van der Waals surface area contributed by atoms with Gasteiger partial charge < -0.3 is 20.5 Å². The van der Waals surface area contributed by atoms with Gasteiger partial charge in [-0.3, -0.25) is 4.79 Å². The summed E-state index contributed by atoms with van der Waals surface area (Å²) in [6, 6.07) is 5.54. The van der Waals surface area contributed by atoms with Gasteiger partial charge in [0.2, 0.25) is 11.0 Å². The Morgan fingerprint density at radius 2 is 2.08 bits per heavy atom.